The zero-order valence-electron chi connectivity index (χ0n) is 9.16. The Balaban J connectivity index is 2.79. The molecule has 0 heterocycles. The van der Waals surface area contributed by atoms with Crippen LogP contribution in [0.1, 0.15) is 0 Å². The van der Waals surface area contributed by atoms with Gasteiger partial charge in [-0.3, -0.25) is 0 Å². The van der Waals surface area contributed by atoms with Gasteiger partial charge in [-0.15, -0.1) is 0 Å². The first kappa shape index (κ1) is 13.6. The lowest BCUT2D eigenvalue weighted by Gasteiger charge is -2.08. The molecule has 0 amide bonds. The van der Waals surface area contributed by atoms with Crippen LogP contribution in [0, 0.1) is 0 Å². The molecule has 1 atom stereocenters. The van der Waals surface area contributed by atoms with Gasteiger partial charge in [-0.1, -0.05) is 0 Å². The first-order valence-corrected chi connectivity index (χ1v) is 6.62. The molecule has 0 unspecified atom stereocenters. The summed E-state index contributed by atoms with van der Waals surface area (Å²) >= 11 is 0. The van der Waals surface area contributed by atoms with Crippen molar-refractivity contribution in [3.63, 3.8) is 0 Å². The van der Waals surface area contributed by atoms with E-state index in [1.165, 1.54) is 24.3 Å². The zero-order valence-corrected chi connectivity index (χ0v) is 9.98. The van der Waals surface area contributed by atoms with Crippen LogP contribution in [-0.2, 0) is 14.6 Å². The summed E-state index contributed by atoms with van der Waals surface area (Å²) in [6, 6.07) is 4.23. The van der Waals surface area contributed by atoms with Crippen LogP contribution < -0.4 is 10.5 Å². The lowest BCUT2D eigenvalue weighted by molar-refractivity contribution is -0.136. The van der Waals surface area contributed by atoms with Crippen LogP contribution in [0.25, 0.3) is 0 Å². The maximum absolute atomic E-state index is 11.2. The maximum atomic E-state index is 11.2. The van der Waals surface area contributed by atoms with Gasteiger partial charge >= 0.3 is 5.97 Å². The van der Waals surface area contributed by atoms with Crippen molar-refractivity contribution in [1.82, 2.24) is 0 Å². The van der Waals surface area contributed by atoms with Gasteiger partial charge < -0.3 is 15.6 Å². The predicted molar refractivity (Wildman–Crippen MR) is 60.2 cm³/mol. The molecule has 17 heavy (non-hydrogen) atoms. The minimum atomic E-state index is -3.27. The molecule has 0 saturated carbocycles. The second-order valence-corrected chi connectivity index (χ2v) is 5.47. The Bertz CT molecular complexity index is 494. The van der Waals surface area contributed by atoms with Gasteiger partial charge in [-0.25, -0.2) is 13.2 Å². The molecular formula is C10H13NO5S. The summed E-state index contributed by atoms with van der Waals surface area (Å²) in [5.41, 5.74) is 5.24. The fourth-order valence-corrected chi connectivity index (χ4v) is 1.65. The van der Waals surface area contributed by atoms with Crippen molar-refractivity contribution in [2.75, 3.05) is 12.9 Å². The highest BCUT2D eigenvalue weighted by Gasteiger charge is 2.15. The van der Waals surface area contributed by atoms with Gasteiger partial charge in [0.2, 0.25) is 0 Å². The van der Waals surface area contributed by atoms with Crippen LogP contribution in [0.2, 0.25) is 0 Å². The molecule has 0 bridgehead atoms. The number of aliphatic hydroxyl groups excluding tert-OH is 1. The third kappa shape index (κ3) is 3.81. The molecule has 7 heteroatoms. The monoisotopic (exact) mass is 259 g/mol. The molecule has 0 saturated heterocycles. The smallest absolute Gasteiger partial charge is 0.330 e. The van der Waals surface area contributed by atoms with Crippen molar-refractivity contribution in [2.24, 2.45) is 5.73 Å². The first-order valence-electron chi connectivity index (χ1n) is 4.73. The van der Waals surface area contributed by atoms with E-state index < -0.39 is 28.5 Å². The molecule has 0 spiro atoms. The number of ether oxygens (including phenoxy) is 1. The highest BCUT2D eigenvalue weighted by atomic mass is 32.2. The number of carbonyl (C=O) groups excluding carboxylic acids is 1. The largest absolute Gasteiger partial charge is 0.425 e. The molecule has 0 aliphatic carbocycles. The highest BCUT2D eigenvalue weighted by molar-refractivity contribution is 7.90. The number of sulfone groups is 1. The minimum absolute atomic E-state index is 0.128. The topological polar surface area (TPSA) is 107 Å². The molecular weight excluding hydrogens is 246 g/mol. The number of nitrogens with two attached hydrogens (primary N) is 1. The van der Waals surface area contributed by atoms with Gasteiger partial charge in [-0.2, -0.15) is 0 Å². The molecule has 1 rings (SSSR count). The third-order valence-electron chi connectivity index (χ3n) is 1.97. The lowest BCUT2D eigenvalue weighted by atomic mass is 10.3. The van der Waals surface area contributed by atoms with Gasteiger partial charge in [0, 0.05) is 6.26 Å². The standard InChI is InChI=1S/C10H13NO5S/c1-17(14,15)8-4-2-7(3-5-8)16-10(13)9(11)6-12/h2-5,9,12H,6,11H2,1H3/t9-/m0/s1. The number of esters is 1. The number of hydrogen-bond donors (Lipinski definition) is 2. The van der Waals surface area contributed by atoms with Crippen molar-refractivity contribution in [3.05, 3.63) is 24.3 Å². The fraction of sp³-hybridized carbons (Fsp3) is 0.300. The van der Waals surface area contributed by atoms with Crippen molar-refractivity contribution >= 4 is 15.8 Å². The minimum Gasteiger partial charge on any atom is -0.425 e. The SMILES string of the molecule is CS(=O)(=O)c1ccc(OC(=O)[C@@H](N)CO)cc1. The summed E-state index contributed by atoms with van der Waals surface area (Å²) in [6.45, 7) is -0.514. The fourth-order valence-electron chi connectivity index (χ4n) is 1.02. The Labute approximate surface area is 98.9 Å². The van der Waals surface area contributed by atoms with Crippen molar-refractivity contribution < 1.29 is 23.1 Å². The van der Waals surface area contributed by atoms with Gasteiger partial charge in [0.05, 0.1) is 11.5 Å². The van der Waals surface area contributed by atoms with Crippen LogP contribution >= 0.6 is 0 Å². The van der Waals surface area contributed by atoms with E-state index >= 15 is 0 Å². The summed E-state index contributed by atoms with van der Waals surface area (Å²) in [5.74, 6) is -0.606. The molecule has 6 nitrogen and oxygen atoms in total. The van der Waals surface area contributed by atoms with Crippen molar-refractivity contribution in [2.45, 2.75) is 10.9 Å². The van der Waals surface area contributed by atoms with Crippen molar-refractivity contribution in [1.29, 1.82) is 0 Å². The Morgan fingerprint density at radius 2 is 1.94 bits per heavy atom. The third-order valence-corrected chi connectivity index (χ3v) is 3.10. The zero-order chi connectivity index (χ0) is 13.1. The molecule has 0 aliphatic rings. The summed E-state index contributed by atoms with van der Waals surface area (Å²) in [5, 5.41) is 8.63. The highest BCUT2D eigenvalue weighted by Crippen LogP contribution is 2.16. The number of rotatable bonds is 4. The van der Waals surface area contributed by atoms with Crippen LogP contribution in [0.15, 0.2) is 29.2 Å². The molecule has 94 valence electrons. The van der Waals surface area contributed by atoms with Crippen LogP contribution in [0.3, 0.4) is 0 Å². The molecule has 0 fully saturated rings. The molecule has 3 N–H and O–H groups in total. The molecule has 0 aliphatic heterocycles. The molecule has 0 aromatic heterocycles. The predicted octanol–water partition coefficient (Wildman–Crippen LogP) is -0.685. The van der Waals surface area contributed by atoms with E-state index in [0.29, 0.717) is 0 Å². The van der Waals surface area contributed by atoms with E-state index in [1.807, 2.05) is 0 Å². The van der Waals surface area contributed by atoms with E-state index in [1.54, 1.807) is 0 Å². The average molecular weight is 259 g/mol. The van der Waals surface area contributed by atoms with Gasteiger partial charge in [0.1, 0.15) is 11.8 Å². The van der Waals surface area contributed by atoms with E-state index in [2.05, 4.69) is 0 Å². The lowest BCUT2D eigenvalue weighted by Crippen LogP contribution is -2.37. The maximum Gasteiger partial charge on any atom is 0.330 e. The Morgan fingerprint density at radius 3 is 2.35 bits per heavy atom. The summed E-state index contributed by atoms with van der Waals surface area (Å²) in [6.07, 6.45) is 1.08. The van der Waals surface area contributed by atoms with E-state index in [0.717, 1.165) is 6.26 Å². The van der Waals surface area contributed by atoms with E-state index in [-0.39, 0.29) is 10.6 Å². The Morgan fingerprint density at radius 1 is 1.41 bits per heavy atom. The van der Waals surface area contributed by atoms with E-state index in [4.69, 9.17) is 15.6 Å². The quantitative estimate of drug-likeness (QED) is 0.548. The van der Waals surface area contributed by atoms with Crippen LogP contribution in [-0.4, -0.2) is 38.4 Å². The van der Waals surface area contributed by atoms with Gasteiger partial charge in [0.25, 0.3) is 0 Å². The van der Waals surface area contributed by atoms with Gasteiger partial charge in [0.15, 0.2) is 9.84 Å². The first-order chi connectivity index (χ1) is 7.84. The summed E-state index contributed by atoms with van der Waals surface area (Å²) in [7, 11) is -3.27. The van der Waals surface area contributed by atoms with Crippen LogP contribution in [0.5, 0.6) is 5.75 Å². The van der Waals surface area contributed by atoms with Crippen molar-refractivity contribution in [3.8, 4) is 5.75 Å². The number of benzene rings is 1. The Kier molecular flexibility index (Phi) is 4.22. The Hall–Kier alpha value is -1.44. The summed E-state index contributed by atoms with van der Waals surface area (Å²) < 4.78 is 27.1. The number of carbonyl (C=O) groups is 1. The second-order valence-electron chi connectivity index (χ2n) is 3.45. The normalized spacial score (nSPS) is 13.1. The number of aliphatic hydroxyl groups is 1. The average Bonchev–Trinajstić information content (AvgIpc) is 2.27. The van der Waals surface area contributed by atoms with Gasteiger partial charge in [-0.05, 0) is 24.3 Å². The van der Waals surface area contributed by atoms with Crippen LogP contribution in [0.4, 0.5) is 0 Å². The molecule has 0 radical (unpaired) electrons. The molecule has 1 aromatic rings. The van der Waals surface area contributed by atoms with E-state index in [9.17, 15) is 13.2 Å². The second kappa shape index (κ2) is 5.26. The number of hydrogen-bond acceptors (Lipinski definition) is 6. The summed E-state index contributed by atoms with van der Waals surface area (Å²) in [4.78, 5) is 11.3. The molecule has 1 aromatic carbocycles.